The molecule has 38 heteroatoms. The van der Waals surface area contributed by atoms with E-state index in [1.54, 1.807) is 42.7 Å². The predicted octanol–water partition coefficient (Wildman–Crippen LogP) is 4.69. The van der Waals surface area contributed by atoms with Crippen molar-refractivity contribution in [2.75, 3.05) is 55.7 Å². The quantitative estimate of drug-likeness (QED) is 0.0186. The van der Waals surface area contributed by atoms with Crippen molar-refractivity contribution in [2.45, 2.75) is 64.5 Å². The van der Waals surface area contributed by atoms with Crippen LogP contribution >= 0.6 is 0 Å². The summed E-state index contributed by atoms with van der Waals surface area (Å²) < 4.78 is 138. The number of rotatable bonds is 20. The van der Waals surface area contributed by atoms with Gasteiger partial charge in [0.15, 0.2) is 46.5 Å². The molecular weight excluding hydrogens is 1100 g/mol. The molecule has 0 aliphatic carbocycles. The molecule has 2 saturated heterocycles. The molecule has 2 heterocycles. The molecule has 0 atom stereocenters. The molecule has 2 aliphatic heterocycles. The number of nitrogens with one attached hydrogen (secondary N) is 2. The molecular formula is C39H49F8N11O17Si2. The number of halogens is 8. The SMILES string of the molecule is CC(=O)ON1C(=O)CCC1=O.CO[Si](CCCN)(OC)OC.CO[Si](CCCNC(C)=O)(OC)OC.[N-]=[N+]=Nc1c(F)c(F)c(C(=O)NC=O)c(F)c1F.[N-]=[N+]=Nc1c(F)c(F)c(C(=O)ON2C(=O)CCC2=O)c(F)c1F. The zero-order valence-corrected chi connectivity index (χ0v) is 43.8. The van der Waals surface area contributed by atoms with Gasteiger partial charge in [-0.25, -0.2) is 44.7 Å². The van der Waals surface area contributed by atoms with Crippen LogP contribution in [0, 0.1) is 46.5 Å². The van der Waals surface area contributed by atoms with Crippen molar-refractivity contribution < 1.29 is 115 Å². The molecule has 2 aromatic carbocycles. The van der Waals surface area contributed by atoms with Gasteiger partial charge in [0.1, 0.15) is 22.5 Å². The molecule has 0 saturated carbocycles. The fourth-order valence-corrected chi connectivity index (χ4v) is 9.05. The Morgan fingerprint density at radius 2 is 0.935 bits per heavy atom. The number of amides is 7. The van der Waals surface area contributed by atoms with E-state index in [0.29, 0.717) is 24.2 Å². The molecule has 28 nitrogen and oxygen atoms in total. The van der Waals surface area contributed by atoms with Crippen molar-refractivity contribution in [3.63, 3.8) is 0 Å². The molecule has 2 aliphatic rings. The molecule has 2 fully saturated rings. The second kappa shape index (κ2) is 34.2. The first-order valence-electron chi connectivity index (χ1n) is 21.1. The number of imide groups is 3. The van der Waals surface area contributed by atoms with Crippen LogP contribution in [0.3, 0.4) is 0 Å². The number of carbonyl (C=O) groups excluding carboxylic acids is 9. The molecule has 0 unspecified atom stereocenters. The van der Waals surface area contributed by atoms with Crippen LogP contribution in [0.4, 0.5) is 46.5 Å². The average Bonchev–Trinajstić information content (AvgIpc) is 3.89. The summed E-state index contributed by atoms with van der Waals surface area (Å²) in [4.78, 5) is 110. The zero-order valence-electron chi connectivity index (χ0n) is 41.8. The number of carbonyl (C=O) groups is 9. The Balaban J connectivity index is 0.000000968. The fraction of sp³-hybridized carbons (Fsp3) is 0.462. The highest BCUT2D eigenvalue weighted by molar-refractivity contribution is 6.60. The summed E-state index contributed by atoms with van der Waals surface area (Å²) in [7, 11) is 4.80. The number of benzene rings is 2. The van der Waals surface area contributed by atoms with E-state index in [4.69, 9.17) is 43.4 Å². The van der Waals surface area contributed by atoms with E-state index in [9.17, 15) is 78.3 Å². The molecule has 2 aromatic rings. The van der Waals surface area contributed by atoms with Crippen LogP contribution < -0.4 is 16.4 Å². The minimum atomic E-state index is -2.44. The number of hydroxylamine groups is 4. The van der Waals surface area contributed by atoms with E-state index < -0.39 is 128 Å². The van der Waals surface area contributed by atoms with Crippen LogP contribution in [0.5, 0.6) is 0 Å². The summed E-state index contributed by atoms with van der Waals surface area (Å²) in [6, 6.07) is 1.49. The van der Waals surface area contributed by atoms with Gasteiger partial charge in [0, 0.05) is 111 Å². The lowest BCUT2D eigenvalue weighted by Gasteiger charge is -2.24. The minimum Gasteiger partial charge on any atom is -0.377 e. The van der Waals surface area contributed by atoms with Crippen molar-refractivity contribution in [1.29, 1.82) is 0 Å². The van der Waals surface area contributed by atoms with E-state index in [1.165, 1.54) is 12.2 Å². The van der Waals surface area contributed by atoms with Crippen molar-refractivity contribution in [3.05, 3.63) is 78.6 Å². The molecule has 7 amide bonds. The van der Waals surface area contributed by atoms with Gasteiger partial charge in [-0.1, -0.05) is 10.2 Å². The van der Waals surface area contributed by atoms with Crippen LogP contribution in [0.25, 0.3) is 20.9 Å². The van der Waals surface area contributed by atoms with E-state index in [0.717, 1.165) is 25.8 Å². The van der Waals surface area contributed by atoms with Crippen LogP contribution in [0.15, 0.2) is 10.2 Å². The number of hydrogen-bond acceptors (Lipinski definition) is 20. The Morgan fingerprint density at radius 3 is 1.23 bits per heavy atom. The molecule has 0 radical (unpaired) electrons. The van der Waals surface area contributed by atoms with E-state index in [-0.39, 0.29) is 43.1 Å². The third kappa shape index (κ3) is 20.2. The topological polar surface area (TPSA) is 382 Å². The van der Waals surface area contributed by atoms with Crippen molar-refractivity contribution >= 4 is 82.8 Å². The second-order valence-corrected chi connectivity index (χ2v) is 20.3. The van der Waals surface area contributed by atoms with Gasteiger partial charge >= 0.3 is 29.5 Å². The number of nitrogens with two attached hydrogens (primary N) is 1. The third-order valence-corrected chi connectivity index (χ3v) is 15.0. The Bertz CT molecular complexity index is 2490. The first-order chi connectivity index (χ1) is 36.2. The maximum atomic E-state index is 13.7. The lowest BCUT2D eigenvalue weighted by molar-refractivity contribution is -0.195. The van der Waals surface area contributed by atoms with E-state index >= 15 is 0 Å². The van der Waals surface area contributed by atoms with Crippen LogP contribution in [-0.2, 0) is 69.8 Å². The Kier molecular flexibility index (Phi) is 30.9. The number of azide groups is 2. The van der Waals surface area contributed by atoms with Gasteiger partial charge in [0.25, 0.3) is 29.5 Å². The van der Waals surface area contributed by atoms with Crippen LogP contribution in [0.1, 0.15) is 73.1 Å². The van der Waals surface area contributed by atoms with Crippen molar-refractivity contribution in [1.82, 2.24) is 20.8 Å². The lowest BCUT2D eigenvalue weighted by Crippen LogP contribution is -2.43. The molecule has 0 spiro atoms. The van der Waals surface area contributed by atoms with Crippen molar-refractivity contribution in [2.24, 2.45) is 16.0 Å². The van der Waals surface area contributed by atoms with E-state index in [2.05, 4.69) is 25.2 Å². The molecule has 0 aromatic heterocycles. The standard InChI is InChI=1S/C11H4F4N4O4.C8H2F4N4O2.C8H19NO4Si.C6H7NO4.C6H17NO3Si/c12-6-5(7(13)9(15)10(8(6)14)17-18-16)11(22)23-19-3(20)1-2-4(19)21;9-3-2(8(18)14-1-17)4(10)6(12)7(5(3)11)15-16-13;1-8(10)9-6-5-7-14(11-2,12-3)13-4;1-4(8)11-7-5(9)2-3-6(7)10;1-8-11(9-2,10-3)6-4-5-7/h1-2H2;1H,(H,14,17,18);5-7H2,1-4H3,(H,9,10);2-3H2,1H3;4-7H2,1-3H3. The summed E-state index contributed by atoms with van der Waals surface area (Å²) in [6.45, 7) is 3.90. The van der Waals surface area contributed by atoms with Crippen LogP contribution in [-0.4, -0.2) is 137 Å². The largest absolute Gasteiger partial charge is 0.500 e. The van der Waals surface area contributed by atoms with Gasteiger partial charge in [-0.3, -0.25) is 38.9 Å². The second-order valence-electron chi connectivity index (χ2n) is 14.1. The van der Waals surface area contributed by atoms with Gasteiger partial charge in [-0.05, 0) is 30.4 Å². The summed E-state index contributed by atoms with van der Waals surface area (Å²) in [5.74, 6) is -24.1. The first-order valence-corrected chi connectivity index (χ1v) is 25.0. The van der Waals surface area contributed by atoms with E-state index in [1.807, 2.05) is 9.82 Å². The third-order valence-electron chi connectivity index (χ3n) is 9.38. The monoisotopic (exact) mass is 1150 g/mol. The van der Waals surface area contributed by atoms with Crippen LogP contribution in [0.2, 0.25) is 12.1 Å². The Hall–Kier alpha value is -7.52. The van der Waals surface area contributed by atoms with Crippen molar-refractivity contribution in [3.8, 4) is 0 Å². The molecule has 0 bridgehead atoms. The molecule has 77 heavy (non-hydrogen) atoms. The highest BCUT2D eigenvalue weighted by atomic mass is 28.4. The summed E-state index contributed by atoms with van der Waals surface area (Å²) in [6.07, 6.45) is 1.12. The summed E-state index contributed by atoms with van der Waals surface area (Å²) >= 11 is 0. The molecule has 4 rings (SSSR count). The van der Waals surface area contributed by atoms with Gasteiger partial charge in [0.2, 0.25) is 12.3 Å². The molecule has 4 N–H and O–H groups in total. The zero-order chi connectivity index (χ0) is 59.4. The van der Waals surface area contributed by atoms with Gasteiger partial charge < -0.3 is 47.3 Å². The highest BCUT2D eigenvalue weighted by Crippen LogP contribution is 2.32. The maximum Gasteiger partial charge on any atom is 0.500 e. The normalized spacial score (nSPS) is 12.7. The van der Waals surface area contributed by atoms with Gasteiger partial charge in [-0.2, -0.15) is 0 Å². The smallest absolute Gasteiger partial charge is 0.377 e. The predicted molar refractivity (Wildman–Crippen MR) is 243 cm³/mol. The highest BCUT2D eigenvalue weighted by Gasteiger charge is 2.39. The fourth-order valence-electron chi connectivity index (χ4n) is 5.58. The average molecular weight is 1150 g/mol. The van der Waals surface area contributed by atoms with Gasteiger partial charge in [-0.15, -0.1) is 10.1 Å². The lowest BCUT2D eigenvalue weighted by atomic mass is 10.1. The molecule has 426 valence electrons. The summed E-state index contributed by atoms with van der Waals surface area (Å²) in [5.41, 5.74) is 14.8. The minimum absolute atomic E-state index is 0.0236. The number of nitrogens with zero attached hydrogens (tertiary/aromatic N) is 8. The number of hydrogen-bond donors (Lipinski definition) is 3. The Labute approximate surface area is 432 Å². The maximum absolute atomic E-state index is 13.7. The van der Waals surface area contributed by atoms with Gasteiger partial charge in [0.05, 0.1) is 0 Å². The summed E-state index contributed by atoms with van der Waals surface area (Å²) in [5, 5.41) is 9.34. The first kappa shape index (κ1) is 69.5. The Morgan fingerprint density at radius 1 is 0.597 bits per heavy atom.